The topological polar surface area (TPSA) is 72.4 Å². The van der Waals surface area contributed by atoms with Crippen molar-refractivity contribution >= 4 is 62.4 Å². The van der Waals surface area contributed by atoms with Crippen LogP contribution in [0.15, 0.2) is 29.1 Å². The van der Waals surface area contributed by atoms with Crippen molar-refractivity contribution in [1.29, 1.82) is 0 Å². The molecule has 0 saturated carbocycles. The lowest BCUT2D eigenvalue weighted by atomic mass is 10.3. The minimum atomic E-state index is -1.60. The Hall–Kier alpha value is -1.33. The third kappa shape index (κ3) is 4.19. The first-order valence-electron chi connectivity index (χ1n) is 6.58. The number of pyridine rings is 1. The zero-order valence-corrected chi connectivity index (χ0v) is 16.5. The van der Waals surface area contributed by atoms with E-state index in [1.54, 1.807) is 12.1 Å². The van der Waals surface area contributed by atoms with Gasteiger partial charge in [0.05, 0.1) is 12.8 Å². The van der Waals surface area contributed by atoms with E-state index in [1.165, 1.54) is 30.9 Å². The molecule has 0 radical (unpaired) electrons. The number of hydrogen-bond donors (Lipinski definition) is 2. The summed E-state index contributed by atoms with van der Waals surface area (Å²) in [6.45, 7) is 0. The molecule has 2 rings (SSSR count). The summed E-state index contributed by atoms with van der Waals surface area (Å²) in [4.78, 5) is 12.1. The number of benzene rings is 1. The highest BCUT2D eigenvalue weighted by atomic mass is 127. The van der Waals surface area contributed by atoms with Crippen LogP contribution < -0.4 is 20.3 Å². The fourth-order valence-electron chi connectivity index (χ4n) is 1.94. The number of rotatable bonds is 6. The van der Waals surface area contributed by atoms with Crippen molar-refractivity contribution in [2.75, 3.05) is 22.4 Å². The number of nitrogens with zero attached hydrogens (tertiary/aromatic N) is 1. The predicted octanol–water partition coefficient (Wildman–Crippen LogP) is 3.15. The molecule has 0 aliphatic rings. The van der Waals surface area contributed by atoms with Crippen molar-refractivity contribution in [3.8, 4) is 5.75 Å². The summed E-state index contributed by atoms with van der Waals surface area (Å²) in [7, 11) is 1.28. The van der Waals surface area contributed by atoms with Crippen LogP contribution in [-0.2, 0) is 18.0 Å². The predicted molar refractivity (Wildman–Crippen MR) is 103 cm³/mol. The normalized spacial score (nSPS) is 11.9. The molecule has 0 saturated heterocycles. The van der Waals surface area contributed by atoms with E-state index in [2.05, 4.69) is 10.0 Å². The molecule has 6 nitrogen and oxygen atoms in total. The van der Waals surface area contributed by atoms with Gasteiger partial charge in [-0.3, -0.25) is 14.1 Å². The minimum Gasteiger partial charge on any atom is -0.494 e. The minimum absolute atomic E-state index is 0.163. The molecule has 10 heteroatoms. The van der Waals surface area contributed by atoms with Gasteiger partial charge in [0.1, 0.15) is 33.5 Å². The molecule has 1 heterocycles. The number of nitrogens with one attached hydrogen (secondary N) is 2. The van der Waals surface area contributed by atoms with Gasteiger partial charge in [-0.2, -0.15) is 0 Å². The lowest BCUT2D eigenvalue weighted by Gasteiger charge is -2.19. The molecule has 1 aromatic heterocycles. The highest BCUT2D eigenvalue weighted by Gasteiger charge is 2.18. The van der Waals surface area contributed by atoms with Gasteiger partial charge in [0.15, 0.2) is 5.75 Å². The maximum atomic E-state index is 14.1. The molecule has 0 aliphatic carbocycles. The Morgan fingerprint density at radius 2 is 2.12 bits per heavy atom. The van der Waals surface area contributed by atoms with Gasteiger partial charge in [-0.1, -0.05) is 0 Å². The molecule has 2 aromatic rings. The van der Waals surface area contributed by atoms with Gasteiger partial charge in [0.2, 0.25) is 0 Å². The quantitative estimate of drug-likeness (QED) is 0.487. The molecular weight excluding hydrogens is 472 g/mol. The Morgan fingerprint density at radius 3 is 2.71 bits per heavy atom. The van der Waals surface area contributed by atoms with Crippen molar-refractivity contribution in [1.82, 2.24) is 4.57 Å². The maximum Gasteiger partial charge on any atom is 0.255 e. The van der Waals surface area contributed by atoms with Crippen molar-refractivity contribution in [3.05, 3.63) is 44.0 Å². The second kappa shape index (κ2) is 8.17. The third-order valence-electron chi connectivity index (χ3n) is 3.12. The van der Waals surface area contributed by atoms with Gasteiger partial charge >= 0.3 is 0 Å². The molecular formula is C14H14ClFIN3O3S. The Labute approximate surface area is 159 Å². The largest absolute Gasteiger partial charge is 0.494 e. The monoisotopic (exact) mass is 485 g/mol. The van der Waals surface area contributed by atoms with Crippen LogP contribution in [0.4, 0.5) is 21.6 Å². The highest BCUT2D eigenvalue weighted by Crippen LogP contribution is 2.33. The van der Waals surface area contributed by atoms with Crippen molar-refractivity contribution in [2.45, 2.75) is 0 Å². The molecule has 2 N–H and O–H groups in total. The van der Waals surface area contributed by atoms with Crippen LogP contribution in [0.3, 0.4) is 0 Å². The van der Waals surface area contributed by atoms with Crippen LogP contribution in [0.1, 0.15) is 0 Å². The Balaban J connectivity index is 2.59. The highest BCUT2D eigenvalue weighted by molar-refractivity contribution is 14.1. The second-order valence-electron chi connectivity index (χ2n) is 4.64. The van der Waals surface area contributed by atoms with Gasteiger partial charge in [-0.15, -0.1) is 11.6 Å². The average molecular weight is 486 g/mol. The Bertz CT molecular complexity index is 847. The fraction of sp³-hybridized carbons (Fsp3) is 0.214. The number of alkyl halides is 1. The van der Waals surface area contributed by atoms with E-state index in [0.29, 0.717) is 0 Å². The summed E-state index contributed by atoms with van der Waals surface area (Å²) in [6, 6.07) is 5.85. The standard InChI is InChI=1S/C14H14ClFIN3O3S/c1-20-12(21)6-11(23-2)13(19-24(22)7-15)14(20)18-10-4-3-8(17)5-9(10)16/h3-6,18-19H,7H2,1-2H3. The summed E-state index contributed by atoms with van der Waals surface area (Å²) in [5.74, 6) is -0.107. The van der Waals surface area contributed by atoms with Crippen LogP contribution in [0.25, 0.3) is 0 Å². The number of ether oxygens (including phenoxy) is 1. The van der Waals surface area contributed by atoms with Crippen LogP contribution in [0.5, 0.6) is 5.75 Å². The van der Waals surface area contributed by atoms with Crippen LogP contribution in [0, 0.1) is 9.39 Å². The zero-order valence-electron chi connectivity index (χ0n) is 12.7. The van der Waals surface area contributed by atoms with E-state index in [9.17, 15) is 13.4 Å². The average Bonchev–Trinajstić information content (AvgIpc) is 2.55. The number of aromatic nitrogens is 1. The SMILES string of the molecule is COc1cc(=O)n(C)c(Nc2ccc(I)cc2F)c1NS(=O)CCl. The van der Waals surface area contributed by atoms with E-state index in [1.807, 2.05) is 22.6 Å². The zero-order chi connectivity index (χ0) is 17.9. The van der Waals surface area contributed by atoms with Crippen molar-refractivity contribution in [3.63, 3.8) is 0 Å². The summed E-state index contributed by atoms with van der Waals surface area (Å²) in [6.07, 6.45) is 0. The smallest absolute Gasteiger partial charge is 0.255 e. The first-order valence-corrected chi connectivity index (χ1v) is 9.51. The molecule has 0 bridgehead atoms. The maximum absolute atomic E-state index is 14.1. The molecule has 1 atom stereocenters. The van der Waals surface area contributed by atoms with Crippen molar-refractivity contribution in [2.24, 2.45) is 7.05 Å². The summed E-state index contributed by atoms with van der Waals surface area (Å²) in [5.41, 5.74) is 0.0392. The molecule has 0 fully saturated rings. The van der Waals surface area contributed by atoms with E-state index in [4.69, 9.17) is 16.3 Å². The first kappa shape index (κ1) is 19.0. The van der Waals surface area contributed by atoms with Gasteiger partial charge in [0.25, 0.3) is 5.56 Å². The van der Waals surface area contributed by atoms with E-state index < -0.39 is 16.8 Å². The molecule has 0 amide bonds. The first-order chi connectivity index (χ1) is 11.4. The molecule has 1 unspecified atom stereocenters. The van der Waals surface area contributed by atoms with Gasteiger partial charge in [-0.05, 0) is 40.8 Å². The van der Waals surface area contributed by atoms with E-state index in [-0.39, 0.29) is 33.7 Å². The summed E-state index contributed by atoms with van der Waals surface area (Å²) < 4.78 is 35.7. The van der Waals surface area contributed by atoms with E-state index in [0.717, 1.165) is 3.57 Å². The lowest BCUT2D eigenvalue weighted by molar-refractivity contribution is 0.415. The number of anilines is 3. The molecule has 0 aliphatic heterocycles. The van der Waals surface area contributed by atoms with Crippen LogP contribution in [-0.4, -0.2) is 21.1 Å². The van der Waals surface area contributed by atoms with Crippen LogP contribution >= 0.6 is 34.2 Å². The third-order valence-corrected chi connectivity index (χ3v) is 5.02. The summed E-state index contributed by atoms with van der Waals surface area (Å²) in [5, 5.41) is 2.68. The second-order valence-corrected chi connectivity index (χ2v) is 7.65. The Kier molecular flexibility index (Phi) is 6.47. The molecule has 130 valence electrons. The van der Waals surface area contributed by atoms with Gasteiger partial charge in [-0.25, -0.2) is 8.60 Å². The van der Waals surface area contributed by atoms with Gasteiger partial charge < -0.3 is 10.1 Å². The number of methoxy groups -OCH3 is 1. The number of hydrogen-bond acceptors (Lipinski definition) is 4. The van der Waals surface area contributed by atoms with Gasteiger partial charge in [0, 0.05) is 16.7 Å². The molecule has 1 aromatic carbocycles. The molecule has 24 heavy (non-hydrogen) atoms. The number of halogens is 3. The van der Waals surface area contributed by atoms with Crippen molar-refractivity contribution < 1.29 is 13.3 Å². The Morgan fingerprint density at radius 1 is 1.42 bits per heavy atom. The van der Waals surface area contributed by atoms with Crippen LogP contribution in [0.2, 0.25) is 0 Å². The molecule has 0 spiro atoms. The summed E-state index contributed by atoms with van der Waals surface area (Å²) >= 11 is 7.56. The lowest BCUT2D eigenvalue weighted by Crippen LogP contribution is -2.22. The van der Waals surface area contributed by atoms with E-state index >= 15 is 0 Å². The fourth-order valence-corrected chi connectivity index (χ4v) is 3.04.